The Kier molecular flexibility index (Phi) is 1.90. The number of hydrogen-bond donors (Lipinski definition) is 0. The van der Waals surface area contributed by atoms with Crippen LogP contribution in [0.1, 0.15) is 39.0 Å². The first kappa shape index (κ1) is 7.56. The molecule has 1 saturated heterocycles. The predicted molar refractivity (Wildman–Crippen MR) is 42.3 cm³/mol. The Morgan fingerprint density at radius 2 is 1.91 bits per heavy atom. The van der Waals surface area contributed by atoms with Crippen LogP contribution >= 0.6 is 0 Å². The first-order valence-corrected chi connectivity index (χ1v) is 4.63. The van der Waals surface area contributed by atoms with Gasteiger partial charge in [0.25, 0.3) is 0 Å². The van der Waals surface area contributed by atoms with E-state index in [0.717, 1.165) is 19.4 Å². The highest BCUT2D eigenvalue weighted by atomic mass is 16.7. The molecule has 0 aromatic rings. The van der Waals surface area contributed by atoms with E-state index in [2.05, 4.69) is 6.92 Å². The molecule has 0 aromatic carbocycles. The van der Waals surface area contributed by atoms with E-state index in [1.807, 2.05) is 0 Å². The van der Waals surface area contributed by atoms with Crippen molar-refractivity contribution >= 4 is 0 Å². The van der Waals surface area contributed by atoms with Gasteiger partial charge in [-0.1, -0.05) is 6.42 Å². The summed E-state index contributed by atoms with van der Waals surface area (Å²) in [5, 5.41) is 0. The Balaban J connectivity index is 1.98. The summed E-state index contributed by atoms with van der Waals surface area (Å²) in [6, 6.07) is 0. The Morgan fingerprint density at radius 3 is 2.45 bits per heavy atom. The van der Waals surface area contributed by atoms with Crippen molar-refractivity contribution in [3.05, 3.63) is 0 Å². The van der Waals surface area contributed by atoms with Crippen molar-refractivity contribution in [1.29, 1.82) is 0 Å². The molecular formula is C9H16O2. The van der Waals surface area contributed by atoms with Crippen LogP contribution in [0.25, 0.3) is 0 Å². The van der Waals surface area contributed by atoms with Gasteiger partial charge >= 0.3 is 0 Å². The van der Waals surface area contributed by atoms with Crippen LogP contribution in [0.15, 0.2) is 0 Å². The molecule has 2 heteroatoms. The molecule has 0 radical (unpaired) electrons. The lowest BCUT2D eigenvalue weighted by molar-refractivity contribution is -0.185. The van der Waals surface area contributed by atoms with E-state index in [-0.39, 0.29) is 5.79 Å². The third kappa shape index (κ3) is 1.42. The van der Waals surface area contributed by atoms with Crippen molar-refractivity contribution in [2.75, 3.05) is 6.61 Å². The quantitative estimate of drug-likeness (QED) is 0.534. The lowest BCUT2D eigenvalue weighted by Crippen LogP contribution is -2.32. The van der Waals surface area contributed by atoms with Crippen molar-refractivity contribution in [3.8, 4) is 0 Å². The molecule has 64 valence electrons. The highest BCUT2D eigenvalue weighted by Gasteiger charge is 2.40. The van der Waals surface area contributed by atoms with Gasteiger partial charge in [-0.05, 0) is 19.8 Å². The Hall–Kier alpha value is -0.0800. The third-order valence-electron chi connectivity index (χ3n) is 2.61. The number of rotatable bonds is 0. The van der Waals surface area contributed by atoms with Gasteiger partial charge in [-0.2, -0.15) is 0 Å². The van der Waals surface area contributed by atoms with Crippen LogP contribution in [0, 0.1) is 0 Å². The zero-order valence-corrected chi connectivity index (χ0v) is 7.14. The zero-order chi connectivity index (χ0) is 7.73. The molecule has 1 spiro atoms. The van der Waals surface area contributed by atoms with Gasteiger partial charge in [0, 0.05) is 12.8 Å². The molecule has 0 N–H and O–H groups in total. The average molecular weight is 156 g/mol. The second-order valence-electron chi connectivity index (χ2n) is 3.71. The van der Waals surface area contributed by atoms with E-state index in [1.54, 1.807) is 0 Å². The van der Waals surface area contributed by atoms with E-state index in [9.17, 15) is 0 Å². The standard InChI is InChI=1S/C9H16O2/c1-8-7-10-9(11-8)5-3-2-4-6-9/h8H,2-7H2,1H3. The van der Waals surface area contributed by atoms with Crippen molar-refractivity contribution in [2.45, 2.75) is 50.9 Å². The van der Waals surface area contributed by atoms with Crippen LogP contribution < -0.4 is 0 Å². The Bertz CT molecular complexity index is 133. The van der Waals surface area contributed by atoms with Gasteiger partial charge < -0.3 is 9.47 Å². The SMILES string of the molecule is CC1COC2(CCCCC2)O1. The molecule has 1 aliphatic heterocycles. The summed E-state index contributed by atoms with van der Waals surface area (Å²) in [6.07, 6.45) is 6.42. The van der Waals surface area contributed by atoms with E-state index in [1.165, 1.54) is 19.3 Å². The van der Waals surface area contributed by atoms with Crippen molar-refractivity contribution in [1.82, 2.24) is 0 Å². The highest BCUT2D eigenvalue weighted by Crippen LogP contribution is 2.37. The molecule has 0 aromatic heterocycles. The van der Waals surface area contributed by atoms with Gasteiger partial charge in [0.2, 0.25) is 0 Å². The van der Waals surface area contributed by atoms with Crippen molar-refractivity contribution in [2.24, 2.45) is 0 Å². The first-order chi connectivity index (χ1) is 5.31. The zero-order valence-electron chi connectivity index (χ0n) is 7.14. The van der Waals surface area contributed by atoms with Crippen LogP contribution in [0.3, 0.4) is 0 Å². The van der Waals surface area contributed by atoms with Gasteiger partial charge in [0.1, 0.15) is 0 Å². The molecule has 11 heavy (non-hydrogen) atoms. The fraction of sp³-hybridized carbons (Fsp3) is 1.00. The molecule has 0 bridgehead atoms. The topological polar surface area (TPSA) is 18.5 Å². The molecule has 1 saturated carbocycles. The minimum atomic E-state index is -0.155. The second kappa shape index (κ2) is 2.76. The maximum Gasteiger partial charge on any atom is 0.168 e. The summed E-state index contributed by atoms with van der Waals surface area (Å²) in [7, 11) is 0. The van der Waals surface area contributed by atoms with E-state index in [4.69, 9.17) is 9.47 Å². The lowest BCUT2D eigenvalue weighted by Gasteiger charge is -2.31. The summed E-state index contributed by atoms with van der Waals surface area (Å²) in [4.78, 5) is 0. The molecule has 1 aliphatic carbocycles. The molecule has 2 aliphatic rings. The van der Waals surface area contributed by atoms with Gasteiger partial charge in [-0.25, -0.2) is 0 Å². The van der Waals surface area contributed by atoms with Crippen molar-refractivity contribution < 1.29 is 9.47 Å². The molecule has 2 fully saturated rings. The molecular weight excluding hydrogens is 140 g/mol. The normalized spacial score (nSPS) is 36.3. The van der Waals surface area contributed by atoms with Gasteiger partial charge in [-0.15, -0.1) is 0 Å². The monoisotopic (exact) mass is 156 g/mol. The number of hydrogen-bond acceptors (Lipinski definition) is 2. The van der Waals surface area contributed by atoms with Crippen LogP contribution in [0.5, 0.6) is 0 Å². The third-order valence-corrected chi connectivity index (χ3v) is 2.61. The number of ether oxygens (including phenoxy) is 2. The fourth-order valence-electron chi connectivity index (χ4n) is 2.06. The van der Waals surface area contributed by atoms with Gasteiger partial charge in [0.05, 0.1) is 12.7 Å². The summed E-state index contributed by atoms with van der Waals surface area (Å²) in [6.45, 7) is 2.88. The first-order valence-electron chi connectivity index (χ1n) is 4.63. The molecule has 1 atom stereocenters. The molecule has 1 unspecified atom stereocenters. The van der Waals surface area contributed by atoms with E-state index < -0.39 is 0 Å². The summed E-state index contributed by atoms with van der Waals surface area (Å²) < 4.78 is 11.4. The minimum absolute atomic E-state index is 0.155. The van der Waals surface area contributed by atoms with Crippen LogP contribution in [0.2, 0.25) is 0 Å². The lowest BCUT2D eigenvalue weighted by atomic mass is 9.94. The molecule has 0 amide bonds. The van der Waals surface area contributed by atoms with Gasteiger partial charge in [-0.3, -0.25) is 0 Å². The molecule has 2 rings (SSSR count). The second-order valence-corrected chi connectivity index (χ2v) is 3.71. The van der Waals surface area contributed by atoms with Gasteiger partial charge in [0.15, 0.2) is 5.79 Å². The van der Waals surface area contributed by atoms with Crippen LogP contribution in [0.4, 0.5) is 0 Å². The summed E-state index contributed by atoms with van der Waals surface area (Å²) in [5.74, 6) is -0.155. The Morgan fingerprint density at radius 1 is 1.18 bits per heavy atom. The van der Waals surface area contributed by atoms with E-state index >= 15 is 0 Å². The smallest absolute Gasteiger partial charge is 0.168 e. The predicted octanol–water partition coefficient (Wildman–Crippen LogP) is 2.08. The largest absolute Gasteiger partial charge is 0.347 e. The maximum atomic E-state index is 5.77. The summed E-state index contributed by atoms with van der Waals surface area (Å²) in [5.41, 5.74) is 0. The average Bonchev–Trinajstić information content (AvgIpc) is 2.34. The van der Waals surface area contributed by atoms with E-state index in [0.29, 0.717) is 6.10 Å². The van der Waals surface area contributed by atoms with Crippen LogP contribution in [-0.4, -0.2) is 18.5 Å². The molecule has 1 heterocycles. The fourth-order valence-corrected chi connectivity index (χ4v) is 2.06. The maximum absolute atomic E-state index is 5.77. The summed E-state index contributed by atoms with van der Waals surface area (Å²) >= 11 is 0. The highest BCUT2D eigenvalue weighted by molar-refractivity contribution is 4.80. The van der Waals surface area contributed by atoms with Crippen molar-refractivity contribution in [3.63, 3.8) is 0 Å². The minimum Gasteiger partial charge on any atom is -0.347 e. The van der Waals surface area contributed by atoms with Crippen LogP contribution in [-0.2, 0) is 9.47 Å². The molecule has 2 nitrogen and oxygen atoms in total. The Labute approximate surface area is 67.9 Å².